The molecule has 10 nitrogen and oxygen atoms in total. The Morgan fingerprint density at radius 2 is 2.00 bits per heavy atom. The first kappa shape index (κ1) is 28.5. The van der Waals surface area contributed by atoms with Gasteiger partial charge in [-0.2, -0.15) is 5.26 Å². The van der Waals surface area contributed by atoms with E-state index >= 15 is 0 Å². The van der Waals surface area contributed by atoms with Gasteiger partial charge in [-0.05, 0) is 42.2 Å². The molecule has 0 radical (unpaired) electrons. The molecular weight excluding hydrogens is 499 g/mol. The lowest BCUT2D eigenvalue weighted by atomic mass is 10.1. The van der Waals surface area contributed by atoms with Crippen LogP contribution in [0, 0.1) is 24.1 Å². The highest BCUT2D eigenvalue weighted by molar-refractivity contribution is 5.97. The van der Waals surface area contributed by atoms with Crippen molar-refractivity contribution in [1.29, 1.82) is 5.26 Å². The standard InChI is InChI=1S/C28H29FN8O2/c1-16-10-21(8-9-23(16)29)18(3)36-28(39)25-27(35-13-22(11-30)37-25)34-12-19-4-6-20(7-5-19)24(31)14-33-26(32)17(2)15-38/h4-10,13-14,18,38H,2,12,15,31H2,1,3H3,(H2,32,33)(H,34,35)(H,36,39)/b24-14-/t18-/m0/s1. The molecule has 3 aromatic rings. The molecule has 1 heterocycles. The highest BCUT2D eigenvalue weighted by Crippen LogP contribution is 2.19. The number of halogens is 1. The molecule has 0 saturated carbocycles. The quantitative estimate of drug-likeness (QED) is 0.197. The molecule has 200 valence electrons. The monoisotopic (exact) mass is 528 g/mol. The zero-order valence-corrected chi connectivity index (χ0v) is 21.6. The topological polar surface area (TPSA) is 175 Å². The van der Waals surface area contributed by atoms with Gasteiger partial charge in [0.25, 0.3) is 5.91 Å². The van der Waals surface area contributed by atoms with Crippen molar-refractivity contribution < 1.29 is 14.3 Å². The number of nitriles is 1. The molecule has 1 amide bonds. The highest BCUT2D eigenvalue weighted by Gasteiger charge is 2.19. The molecule has 0 spiro atoms. The number of hydrogen-bond donors (Lipinski definition) is 5. The van der Waals surface area contributed by atoms with Crippen LogP contribution in [0.25, 0.3) is 5.70 Å². The molecule has 0 fully saturated rings. The van der Waals surface area contributed by atoms with Crippen LogP contribution in [0.4, 0.5) is 10.2 Å². The molecule has 0 aliphatic carbocycles. The average Bonchev–Trinajstić information content (AvgIpc) is 2.95. The summed E-state index contributed by atoms with van der Waals surface area (Å²) in [6.07, 6.45) is 2.66. The predicted octanol–water partition coefficient (Wildman–Crippen LogP) is 3.06. The van der Waals surface area contributed by atoms with Crippen LogP contribution in [-0.2, 0) is 6.54 Å². The molecule has 0 bridgehead atoms. The lowest BCUT2D eigenvalue weighted by Gasteiger charge is -2.16. The van der Waals surface area contributed by atoms with Crippen LogP contribution in [0.2, 0.25) is 0 Å². The lowest BCUT2D eigenvalue weighted by molar-refractivity contribution is 0.0935. The number of rotatable bonds is 10. The van der Waals surface area contributed by atoms with E-state index in [1.807, 2.05) is 18.2 Å². The van der Waals surface area contributed by atoms with Crippen molar-refractivity contribution in [2.24, 2.45) is 16.5 Å². The normalized spacial score (nSPS) is 12.4. The van der Waals surface area contributed by atoms with E-state index in [2.05, 4.69) is 32.2 Å². The smallest absolute Gasteiger partial charge is 0.274 e. The van der Waals surface area contributed by atoms with Crippen LogP contribution in [0.15, 0.2) is 72.0 Å². The minimum absolute atomic E-state index is 0.00606. The summed E-state index contributed by atoms with van der Waals surface area (Å²) < 4.78 is 13.6. The molecular formula is C28H29FN8O2. The lowest BCUT2D eigenvalue weighted by Crippen LogP contribution is -2.29. The number of nitrogens with two attached hydrogens (primary N) is 2. The Bertz CT molecular complexity index is 1480. The van der Waals surface area contributed by atoms with Crippen molar-refractivity contribution >= 4 is 23.3 Å². The van der Waals surface area contributed by atoms with Gasteiger partial charge in [0.05, 0.1) is 30.7 Å². The minimum Gasteiger partial charge on any atom is -0.397 e. The number of amidine groups is 1. The number of nitrogens with one attached hydrogen (secondary N) is 2. The Morgan fingerprint density at radius 3 is 2.64 bits per heavy atom. The van der Waals surface area contributed by atoms with E-state index in [1.165, 1.54) is 18.5 Å². The SMILES string of the molecule is C=C(CO)C(N)=N/C=C(\N)c1ccc(CNc2ncc(C#N)nc2C(=O)N[C@@H](C)c2ccc(F)c(C)c2)cc1. The van der Waals surface area contributed by atoms with E-state index in [-0.39, 0.29) is 35.5 Å². The molecule has 1 aromatic heterocycles. The Kier molecular flexibility index (Phi) is 9.45. The number of aliphatic imine (C=N–C) groups is 1. The van der Waals surface area contributed by atoms with Crippen molar-refractivity contribution in [1.82, 2.24) is 15.3 Å². The molecule has 7 N–H and O–H groups in total. The number of carbonyl (C=O) groups excluding carboxylic acids is 1. The number of benzene rings is 2. The largest absolute Gasteiger partial charge is 0.397 e. The van der Waals surface area contributed by atoms with Gasteiger partial charge in [-0.25, -0.2) is 19.4 Å². The van der Waals surface area contributed by atoms with Crippen LogP contribution in [0.5, 0.6) is 0 Å². The fourth-order valence-electron chi connectivity index (χ4n) is 3.40. The zero-order chi connectivity index (χ0) is 28.5. The first-order chi connectivity index (χ1) is 18.6. The van der Waals surface area contributed by atoms with Crippen LogP contribution < -0.4 is 22.1 Å². The molecule has 0 saturated heterocycles. The second-order valence-corrected chi connectivity index (χ2v) is 8.68. The van der Waals surface area contributed by atoms with Gasteiger partial charge in [0.1, 0.15) is 17.7 Å². The Labute approximate surface area is 225 Å². The summed E-state index contributed by atoms with van der Waals surface area (Å²) in [6.45, 7) is 7.01. The molecule has 2 aromatic carbocycles. The molecule has 0 aliphatic heterocycles. The van der Waals surface area contributed by atoms with Crippen molar-refractivity contribution in [3.8, 4) is 6.07 Å². The molecule has 39 heavy (non-hydrogen) atoms. The second-order valence-electron chi connectivity index (χ2n) is 8.68. The van der Waals surface area contributed by atoms with Gasteiger partial charge in [0.2, 0.25) is 0 Å². The number of aliphatic hydroxyl groups excluding tert-OH is 1. The fraction of sp³-hybridized carbons (Fsp3) is 0.179. The second kappa shape index (κ2) is 12.9. The molecule has 1 atom stereocenters. The maximum Gasteiger partial charge on any atom is 0.274 e. The van der Waals surface area contributed by atoms with E-state index in [4.69, 9.17) is 16.6 Å². The minimum atomic E-state index is -0.534. The van der Waals surface area contributed by atoms with Crippen molar-refractivity contribution in [2.75, 3.05) is 11.9 Å². The van der Waals surface area contributed by atoms with Crippen molar-refractivity contribution in [3.05, 3.63) is 106 Å². The summed E-state index contributed by atoms with van der Waals surface area (Å²) in [6, 6.07) is 13.3. The molecule has 11 heteroatoms. The molecule has 0 unspecified atom stereocenters. The summed E-state index contributed by atoms with van der Waals surface area (Å²) in [5, 5.41) is 24.2. The van der Waals surface area contributed by atoms with E-state index in [0.717, 1.165) is 11.1 Å². The Morgan fingerprint density at radius 1 is 1.28 bits per heavy atom. The Balaban J connectivity index is 1.73. The summed E-state index contributed by atoms with van der Waals surface area (Å²) >= 11 is 0. The first-order valence-corrected chi connectivity index (χ1v) is 11.9. The van der Waals surface area contributed by atoms with E-state index < -0.39 is 11.9 Å². The molecule has 0 aliphatic rings. The van der Waals surface area contributed by atoms with Gasteiger partial charge in [-0.1, -0.05) is 43.0 Å². The number of nitrogens with zero attached hydrogens (tertiary/aromatic N) is 4. The van der Waals surface area contributed by atoms with Crippen LogP contribution in [0.3, 0.4) is 0 Å². The number of aromatic nitrogens is 2. The third-order valence-electron chi connectivity index (χ3n) is 5.77. The number of aryl methyl sites for hydroxylation is 1. The van der Waals surface area contributed by atoms with Gasteiger partial charge in [-0.3, -0.25) is 4.79 Å². The number of anilines is 1. The maximum atomic E-state index is 13.6. The third-order valence-corrected chi connectivity index (χ3v) is 5.77. The van der Waals surface area contributed by atoms with Crippen molar-refractivity contribution in [3.63, 3.8) is 0 Å². The number of hydrogen-bond acceptors (Lipinski definition) is 8. The van der Waals surface area contributed by atoms with Crippen LogP contribution >= 0.6 is 0 Å². The van der Waals surface area contributed by atoms with Gasteiger partial charge >= 0.3 is 0 Å². The zero-order valence-electron chi connectivity index (χ0n) is 21.6. The predicted molar refractivity (Wildman–Crippen MR) is 148 cm³/mol. The van der Waals surface area contributed by atoms with Gasteiger partial charge in [-0.15, -0.1) is 0 Å². The van der Waals surface area contributed by atoms with E-state index in [0.29, 0.717) is 28.9 Å². The number of carbonyl (C=O) groups is 1. The van der Waals surface area contributed by atoms with Crippen LogP contribution in [0.1, 0.15) is 51.4 Å². The maximum absolute atomic E-state index is 13.6. The third kappa shape index (κ3) is 7.47. The van der Waals surface area contributed by atoms with Gasteiger partial charge in [0, 0.05) is 12.1 Å². The highest BCUT2D eigenvalue weighted by atomic mass is 19.1. The van der Waals surface area contributed by atoms with Gasteiger partial charge in [0.15, 0.2) is 17.2 Å². The van der Waals surface area contributed by atoms with Gasteiger partial charge < -0.3 is 27.2 Å². The Hall–Kier alpha value is -5.08. The van der Waals surface area contributed by atoms with E-state index in [9.17, 15) is 14.4 Å². The number of amides is 1. The van der Waals surface area contributed by atoms with Crippen molar-refractivity contribution in [2.45, 2.75) is 26.4 Å². The van der Waals surface area contributed by atoms with E-state index in [1.54, 1.807) is 38.1 Å². The molecule has 3 rings (SSSR count). The fourth-order valence-corrected chi connectivity index (χ4v) is 3.40. The average molecular weight is 529 g/mol. The summed E-state index contributed by atoms with van der Waals surface area (Å²) in [4.78, 5) is 25.4. The summed E-state index contributed by atoms with van der Waals surface area (Å²) in [5.74, 6) is -0.572. The first-order valence-electron chi connectivity index (χ1n) is 11.9. The number of aliphatic hydroxyl groups is 1. The summed E-state index contributed by atoms with van der Waals surface area (Å²) in [5.41, 5.74) is 15.1. The van der Waals surface area contributed by atoms with Crippen LogP contribution in [-0.4, -0.2) is 33.4 Å². The summed E-state index contributed by atoms with van der Waals surface area (Å²) in [7, 11) is 0.